The molecule has 0 atom stereocenters. The van der Waals surface area contributed by atoms with Gasteiger partial charge in [0.2, 0.25) is 5.91 Å². The van der Waals surface area contributed by atoms with Crippen molar-refractivity contribution in [2.24, 2.45) is 4.99 Å². The number of hydrogen-bond acceptors (Lipinski definition) is 7. The fourth-order valence-electron chi connectivity index (χ4n) is 2.31. The Labute approximate surface area is 139 Å². The fourth-order valence-corrected chi connectivity index (χ4v) is 4.75. The summed E-state index contributed by atoms with van der Waals surface area (Å²) >= 11 is 4.69. The standard InChI is InChI=1S/C14H12N4OS3/c19-12(6-9-7-22-14-15-3-4-18(9)14)17-13-16-10(8-21-13)11-2-1-5-20-11/h1-2,5,7-8H,3-4,6H2,(H,16,17,19). The second-order valence-corrected chi connectivity index (χ2v) is 7.43. The minimum Gasteiger partial charge on any atom is -0.322 e. The Morgan fingerprint density at radius 3 is 3.23 bits per heavy atom. The van der Waals surface area contributed by atoms with E-state index < -0.39 is 0 Å². The number of thioether (sulfide) groups is 1. The SMILES string of the molecule is O=C(CC1=CSC2=NCCN12)Nc1nc(-c2cccs2)cs1. The van der Waals surface area contributed by atoms with Crippen LogP contribution in [0.4, 0.5) is 5.13 Å². The van der Waals surface area contributed by atoms with E-state index in [-0.39, 0.29) is 5.91 Å². The predicted octanol–water partition coefficient (Wildman–Crippen LogP) is 3.46. The third-order valence-corrected chi connectivity index (χ3v) is 5.91. The Morgan fingerprint density at radius 2 is 2.36 bits per heavy atom. The normalized spacial score (nSPS) is 16.5. The van der Waals surface area contributed by atoms with Crippen molar-refractivity contribution in [2.75, 3.05) is 18.4 Å². The molecule has 112 valence electrons. The highest BCUT2D eigenvalue weighted by Gasteiger charge is 2.27. The number of carbonyl (C=O) groups is 1. The van der Waals surface area contributed by atoms with Gasteiger partial charge in [0.15, 0.2) is 10.3 Å². The summed E-state index contributed by atoms with van der Waals surface area (Å²) < 4.78 is 0. The van der Waals surface area contributed by atoms with Gasteiger partial charge in [0.05, 0.1) is 23.5 Å². The van der Waals surface area contributed by atoms with Crippen molar-refractivity contribution in [2.45, 2.75) is 6.42 Å². The Kier molecular flexibility index (Phi) is 3.73. The largest absolute Gasteiger partial charge is 0.322 e. The van der Waals surface area contributed by atoms with Gasteiger partial charge < -0.3 is 10.2 Å². The maximum absolute atomic E-state index is 12.2. The summed E-state index contributed by atoms with van der Waals surface area (Å²) in [5, 5.41) is 10.5. The molecule has 1 N–H and O–H groups in total. The molecule has 0 saturated carbocycles. The molecule has 2 aromatic rings. The highest BCUT2D eigenvalue weighted by molar-refractivity contribution is 8.16. The number of amidine groups is 1. The number of fused-ring (bicyclic) bond motifs is 1. The van der Waals surface area contributed by atoms with E-state index in [0.717, 1.165) is 34.5 Å². The summed E-state index contributed by atoms with van der Waals surface area (Å²) in [6.07, 6.45) is 0.361. The summed E-state index contributed by atoms with van der Waals surface area (Å²) in [5.41, 5.74) is 1.94. The minimum atomic E-state index is -0.0351. The second-order valence-electron chi connectivity index (χ2n) is 4.78. The first-order chi connectivity index (χ1) is 10.8. The number of thiazole rings is 1. The first kappa shape index (κ1) is 14.0. The summed E-state index contributed by atoms with van der Waals surface area (Å²) in [5.74, 6) is -0.0351. The van der Waals surface area contributed by atoms with Crippen LogP contribution in [0, 0.1) is 0 Å². The molecule has 8 heteroatoms. The number of hydrogen-bond donors (Lipinski definition) is 1. The van der Waals surface area contributed by atoms with E-state index >= 15 is 0 Å². The molecule has 4 rings (SSSR count). The van der Waals surface area contributed by atoms with Gasteiger partial charge in [0.25, 0.3) is 0 Å². The molecule has 0 radical (unpaired) electrons. The van der Waals surface area contributed by atoms with Crippen LogP contribution in [0.3, 0.4) is 0 Å². The van der Waals surface area contributed by atoms with E-state index in [4.69, 9.17) is 0 Å². The highest BCUT2D eigenvalue weighted by Crippen LogP contribution is 2.32. The molecule has 5 nitrogen and oxygen atoms in total. The monoisotopic (exact) mass is 348 g/mol. The molecule has 0 aliphatic carbocycles. The topological polar surface area (TPSA) is 57.6 Å². The zero-order valence-electron chi connectivity index (χ0n) is 11.5. The highest BCUT2D eigenvalue weighted by atomic mass is 32.2. The van der Waals surface area contributed by atoms with Crippen molar-refractivity contribution in [3.63, 3.8) is 0 Å². The lowest BCUT2D eigenvalue weighted by atomic mass is 10.3. The Bertz CT molecular complexity index is 763. The molecule has 0 bridgehead atoms. The first-order valence-electron chi connectivity index (χ1n) is 6.76. The predicted molar refractivity (Wildman–Crippen MR) is 93.4 cm³/mol. The van der Waals surface area contributed by atoms with Crippen LogP contribution >= 0.6 is 34.4 Å². The molecule has 0 fully saturated rings. The minimum absolute atomic E-state index is 0.0351. The van der Waals surface area contributed by atoms with Crippen LogP contribution in [-0.4, -0.2) is 34.0 Å². The molecular formula is C14H12N4OS3. The lowest BCUT2D eigenvalue weighted by Crippen LogP contribution is -2.24. The van der Waals surface area contributed by atoms with Gasteiger partial charge in [0.1, 0.15) is 0 Å². The lowest BCUT2D eigenvalue weighted by molar-refractivity contribution is -0.115. The van der Waals surface area contributed by atoms with Crippen LogP contribution in [0.15, 0.2) is 39.0 Å². The molecule has 2 aromatic heterocycles. The van der Waals surface area contributed by atoms with Gasteiger partial charge in [-0.15, -0.1) is 22.7 Å². The van der Waals surface area contributed by atoms with Crippen molar-refractivity contribution in [1.82, 2.24) is 9.88 Å². The molecule has 4 heterocycles. The molecule has 2 aliphatic heterocycles. The smallest absolute Gasteiger partial charge is 0.232 e. The number of aromatic nitrogens is 1. The van der Waals surface area contributed by atoms with Gasteiger partial charge in [-0.05, 0) is 16.9 Å². The van der Waals surface area contributed by atoms with Gasteiger partial charge in [0, 0.05) is 17.6 Å². The maximum Gasteiger partial charge on any atom is 0.232 e. The Morgan fingerprint density at radius 1 is 1.41 bits per heavy atom. The van der Waals surface area contributed by atoms with E-state index in [9.17, 15) is 4.79 Å². The number of anilines is 1. The average Bonchev–Trinajstić information content (AvgIpc) is 3.24. The fraction of sp³-hybridized carbons (Fsp3) is 0.214. The van der Waals surface area contributed by atoms with Crippen LogP contribution < -0.4 is 5.32 Å². The molecule has 2 aliphatic rings. The zero-order valence-corrected chi connectivity index (χ0v) is 13.9. The van der Waals surface area contributed by atoms with E-state index in [1.165, 1.54) is 11.3 Å². The van der Waals surface area contributed by atoms with E-state index in [1.807, 2.05) is 28.3 Å². The third-order valence-electron chi connectivity index (χ3n) is 3.31. The quantitative estimate of drug-likeness (QED) is 0.919. The third kappa shape index (κ3) is 2.69. The number of thiophene rings is 1. The van der Waals surface area contributed by atoms with Crippen molar-refractivity contribution >= 4 is 50.6 Å². The van der Waals surface area contributed by atoms with Crippen LogP contribution in [0.2, 0.25) is 0 Å². The summed E-state index contributed by atoms with van der Waals surface area (Å²) in [4.78, 5) is 24.3. The second kappa shape index (κ2) is 5.86. The molecule has 0 unspecified atom stereocenters. The maximum atomic E-state index is 12.2. The first-order valence-corrected chi connectivity index (χ1v) is 9.40. The van der Waals surface area contributed by atoms with Gasteiger partial charge in [-0.2, -0.15) is 0 Å². The van der Waals surface area contributed by atoms with Crippen LogP contribution in [0.25, 0.3) is 10.6 Å². The van der Waals surface area contributed by atoms with Crippen molar-refractivity contribution < 1.29 is 4.79 Å². The van der Waals surface area contributed by atoms with Crippen LogP contribution in [-0.2, 0) is 4.79 Å². The van der Waals surface area contributed by atoms with Crippen molar-refractivity contribution in [1.29, 1.82) is 0 Å². The number of aliphatic imine (C=N–C) groups is 1. The van der Waals surface area contributed by atoms with Crippen LogP contribution in [0.1, 0.15) is 6.42 Å². The van der Waals surface area contributed by atoms with Crippen molar-refractivity contribution in [3.05, 3.63) is 34.0 Å². The lowest BCUT2D eigenvalue weighted by Gasteiger charge is -2.15. The number of nitrogens with zero attached hydrogens (tertiary/aromatic N) is 3. The van der Waals surface area contributed by atoms with Gasteiger partial charge in [-0.3, -0.25) is 9.79 Å². The molecule has 22 heavy (non-hydrogen) atoms. The van der Waals surface area contributed by atoms with Gasteiger partial charge in [-0.1, -0.05) is 17.8 Å². The summed E-state index contributed by atoms with van der Waals surface area (Å²) in [6.45, 7) is 1.69. The van der Waals surface area contributed by atoms with Gasteiger partial charge in [-0.25, -0.2) is 4.98 Å². The van der Waals surface area contributed by atoms with Crippen molar-refractivity contribution in [3.8, 4) is 10.6 Å². The van der Waals surface area contributed by atoms with Gasteiger partial charge >= 0.3 is 0 Å². The Hall–Kier alpha value is -1.64. The number of carbonyl (C=O) groups excluding carboxylic acids is 1. The molecule has 0 spiro atoms. The number of nitrogens with one attached hydrogen (secondary N) is 1. The number of amides is 1. The molecule has 0 saturated heterocycles. The Balaban J connectivity index is 1.39. The van der Waals surface area contributed by atoms with E-state index in [1.54, 1.807) is 23.1 Å². The number of rotatable bonds is 4. The van der Waals surface area contributed by atoms with E-state index in [0.29, 0.717) is 11.6 Å². The molecule has 1 amide bonds. The van der Waals surface area contributed by atoms with Crippen LogP contribution in [0.5, 0.6) is 0 Å². The molecular weight excluding hydrogens is 336 g/mol. The van der Waals surface area contributed by atoms with E-state index in [2.05, 4.69) is 20.2 Å². The molecule has 0 aromatic carbocycles. The average molecular weight is 348 g/mol. The zero-order chi connectivity index (χ0) is 14.9. The summed E-state index contributed by atoms with van der Waals surface area (Å²) in [7, 11) is 0. The summed E-state index contributed by atoms with van der Waals surface area (Å²) in [6, 6.07) is 4.02.